The molecule has 2 aromatic rings. The predicted molar refractivity (Wildman–Crippen MR) is 147 cm³/mol. The molecule has 0 unspecified atom stereocenters. The molecule has 4 rings (SSSR count). The fraction of sp³-hybridized carbons (Fsp3) is 0.577. The molecule has 2 aliphatic rings. The van der Waals surface area contributed by atoms with Crippen molar-refractivity contribution in [1.29, 1.82) is 0 Å². The van der Waals surface area contributed by atoms with E-state index in [-0.39, 0.29) is 43.1 Å². The molecule has 0 atom stereocenters. The Morgan fingerprint density at radius 2 is 1.67 bits per heavy atom. The first-order chi connectivity index (χ1) is 18.3. The van der Waals surface area contributed by atoms with Crippen LogP contribution in [0.5, 0.6) is 0 Å². The number of alkyl halides is 2. The second kappa shape index (κ2) is 11.2. The first-order valence-electron chi connectivity index (χ1n) is 13.1. The lowest BCUT2D eigenvalue weighted by Crippen LogP contribution is -2.40. The van der Waals surface area contributed by atoms with E-state index < -0.39 is 34.2 Å². The highest BCUT2D eigenvalue weighted by molar-refractivity contribution is 7.92. The molecule has 13 heteroatoms. The molecule has 1 aromatic carbocycles. The molecule has 0 spiro atoms. The van der Waals surface area contributed by atoms with Crippen molar-refractivity contribution in [3.63, 3.8) is 0 Å². The van der Waals surface area contributed by atoms with Crippen molar-refractivity contribution >= 4 is 39.1 Å². The molecule has 3 heterocycles. The van der Waals surface area contributed by atoms with E-state index in [0.29, 0.717) is 35.7 Å². The molecule has 1 amide bonds. The number of aliphatic hydroxyl groups is 1. The number of nitrogens with zero attached hydrogens (tertiary/aromatic N) is 4. The first-order valence-corrected chi connectivity index (χ1v) is 14.7. The van der Waals surface area contributed by atoms with Crippen molar-refractivity contribution in [2.45, 2.75) is 52.4 Å². The molecule has 214 valence electrons. The Balaban J connectivity index is 1.60. The van der Waals surface area contributed by atoms with Gasteiger partial charge in [-0.05, 0) is 43.4 Å². The summed E-state index contributed by atoms with van der Waals surface area (Å²) in [6.45, 7) is 7.23. The molecule has 1 aromatic heterocycles. The molecule has 3 N–H and O–H groups in total. The Morgan fingerprint density at radius 3 is 2.31 bits per heavy atom. The summed E-state index contributed by atoms with van der Waals surface area (Å²) in [7, 11) is -3.75. The van der Waals surface area contributed by atoms with E-state index in [1.165, 1.54) is 6.07 Å². The van der Waals surface area contributed by atoms with Gasteiger partial charge in [0, 0.05) is 50.8 Å². The number of benzene rings is 1. The van der Waals surface area contributed by atoms with E-state index in [1.54, 1.807) is 30.0 Å². The first kappa shape index (κ1) is 28.9. The van der Waals surface area contributed by atoms with Crippen LogP contribution in [0, 0.1) is 12.3 Å². The topological polar surface area (TPSA) is 128 Å². The standard InChI is InChI=1S/C26H36F2N6O4S/c1-18-16-22(31-24(29-18)34-12-8-26(27,28)9-13-34)30-23(36)20-5-4-19(32-39(37,38)15-14-35)17-21(20)33-10-6-25(2,3)7-11-33/h4-5,16-17,32,35H,6-15H2,1-3H3,(H,29,30,31,36). The van der Waals surface area contributed by atoms with Crippen molar-refractivity contribution in [3.05, 3.63) is 35.5 Å². The molecule has 10 nitrogen and oxygen atoms in total. The van der Waals surface area contributed by atoms with E-state index in [2.05, 4.69) is 38.8 Å². The highest BCUT2D eigenvalue weighted by Crippen LogP contribution is 2.35. The van der Waals surface area contributed by atoms with Gasteiger partial charge in [0.25, 0.3) is 11.8 Å². The third kappa shape index (κ3) is 7.53. The quantitative estimate of drug-likeness (QED) is 0.442. The zero-order valence-electron chi connectivity index (χ0n) is 22.5. The molecular formula is C26H36F2N6O4S. The normalized spacial score (nSPS) is 19.0. The van der Waals surface area contributed by atoms with Gasteiger partial charge in [0.15, 0.2) is 0 Å². The van der Waals surface area contributed by atoms with Crippen LogP contribution in [0.15, 0.2) is 24.3 Å². The lowest BCUT2D eigenvalue weighted by Gasteiger charge is -2.39. The second-order valence-electron chi connectivity index (χ2n) is 11.0. The van der Waals surface area contributed by atoms with Gasteiger partial charge >= 0.3 is 0 Å². The van der Waals surface area contributed by atoms with Crippen LogP contribution in [-0.2, 0) is 10.0 Å². The number of carbonyl (C=O) groups is 1. The summed E-state index contributed by atoms with van der Waals surface area (Å²) < 4.78 is 54.2. The number of anilines is 4. The van der Waals surface area contributed by atoms with E-state index in [0.717, 1.165) is 12.8 Å². The lowest BCUT2D eigenvalue weighted by molar-refractivity contribution is -0.0222. The maximum absolute atomic E-state index is 13.6. The van der Waals surface area contributed by atoms with Crippen LogP contribution in [0.3, 0.4) is 0 Å². The zero-order chi connectivity index (χ0) is 28.4. The Labute approximate surface area is 227 Å². The van der Waals surface area contributed by atoms with Crippen LogP contribution in [-0.4, -0.2) is 73.9 Å². The van der Waals surface area contributed by atoms with Gasteiger partial charge in [0.1, 0.15) is 5.82 Å². The number of aliphatic hydroxyl groups excluding tert-OH is 1. The minimum absolute atomic E-state index is 0.118. The van der Waals surface area contributed by atoms with Crippen molar-refractivity contribution in [1.82, 2.24) is 9.97 Å². The Morgan fingerprint density at radius 1 is 1.03 bits per heavy atom. The van der Waals surface area contributed by atoms with Crippen molar-refractivity contribution < 1.29 is 27.1 Å². The summed E-state index contributed by atoms with van der Waals surface area (Å²) in [4.78, 5) is 26.1. The van der Waals surface area contributed by atoms with Gasteiger partial charge in [-0.3, -0.25) is 9.52 Å². The number of carbonyl (C=O) groups excluding carboxylic acids is 1. The van der Waals surface area contributed by atoms with Gasteiger partial charge in [-0.15, -0.1) is 0 Å². The summed E-state index contributed by atoms with van der Waals surface area (Å²) in [5.74, 6) is -3.04. The van der Waals surface area contributed by atoms with Gasteiger partial charge in [-0.2, -0.15) is 4.98 Å². The highest BCUT2D eigenvalue weighted by atomic mass is 32.2. The monoisotopic (exact) mass is 566 g/mol. The summed E-state index contributed by atoms with van der Waals surface area (Å²) in [6.07, 6.45) is 1.24. The third-order valence-corrected chi connectivity index (χ3v) is 8.46. The number of rotatable bonds is 8. The van der Waals surface area contributed by atoms with E-state index in [9.17, 15) is 22.0 Å². The smallest absolute Gasteiger partial charge is 0.258 e. The van der Waals surface area contributed by atoms with E-state index in [4.69, 9.17) is 5.11 Å². The van der Waals surface area contributed by atoms with Gasteiger partial charge in [0.05, 0.1) is 29.3 Å². The minimum atomic E-state index is -3.75. The summed E-state index contributed by atoms with van der Waals surface area (Å²) in [5, 5.41) is 11.9. The van der Waals surface area contributed by atoms with Crippen LogP contribution in [0.4, 0.5) is 31.9 Å². The molecule has 39 heavy (non-hydrogen) atoms. The van der Waals surface area contributed by atoms with Crippen molar-refractivity contribution in [2.24, 2.45) is 5.41 Å². The number of aromatic nitrogens is 2. The fourth-order valence-electron chi connectivity index (χ4n) is 4.73. The number of nitrogens with one attached hydrogen (secondary N) is 2. The molecule has 2 aliphatic heterocycles. The zero-order valence-corrected chi connectivity index (χ0v) is 23.3. The average Bonchev–Trinajstić information content (AvgIpc) is 2.83. The van der Waals surface area contributed by atoms with Crippen LogP contribution in [0.1, 0.15) is 55.6 Å². The summed E-state index contributed by atoms with van der Waals surface area (Å²) in [6, 6.07) is 6.31. The number of halogens is 2. The average molecular weight is 567 g/mol. The van der Waals surface area contributed by atoms with E-state index in [1.807, 2.05) is 0 Å². The Kier molecular flexibility index (Phi) is 8.31. The van der Waals surface area contributed by atoms with Gasteiger partial charge < -0.3 is 20.2 Å². The number of hydrogen-bond donors (Lipinski definition) is 3. The van der Waals surface area contributed by atoms with Gasteiger partial charge in [-0.25, -0.2) is 22.2 Å². The third-order valence-electron chi connectivity index (χ3n) is 7.20. The largest absolute Gasteiger partial charge is 0.395 e. The Bertz CT molecular complexity index is 1300. The lowest BCUT2D eigenvalue weighted by atomic mass is 9.82. The number of aryl methyl sites for hydroxylation is 1. The maximum Gasteiger partial charge on any atom is 0.258 e. The van der Waals surface area contributed by atoms with Crippen LogP contribution in [0.2, 0.25) is 0 Å². The van der Waals surface area contributed by atoms with E-state index >= 15 is 0 Å². The molecule has 2 fully saturated rings. The van der Waals surface area contributed by atoms with Crippen LogP contribution >= 0.6 is 0 Å². The van der Waals surface area contributed by atoms with Gasteiger partial charge in [0.2, 0.25) is 16.0 Å². The molecular weight excluding hydrogens is 530 g/mol. The number of hydrogen-bond acceptors (Lipinski definition) is 8. The summed E-state index contributed by atoms with van der Waals surface area (Å²) >= 11 is 0. The molecule has 0 radical (unpaired) electrons. The maximum atomic E-state index is 13.6. The second-order valence-corrected chi connectivity index (χ2v) is 12.9. The number of sulfonamides is 1. The fourth-order valence-corrected chi connectivity index (χ4v) is 5.56. The molecule has 0 bridgehead atoms. The minimum Gasteiger partial charge on any atom is -0.395 e. The highest BCUT2D eigenvalue weighted by Gasteiger charge is 2.35. The predicted octanol–water partition coefficient (Wildman–Crippen LogP) is 3.63. The molecule has 0 saturated carbocycles. The van der Waals surface area contributed by atoms with Gasteiger partial charge in [-0.1, -0.05) is 13.8 Å². The Hall–Kier alpha value is -3.06. The number of piperidine rings is 2. The van der Waals surface area contributed by atoms with Crippen molar-refractivity contribution in [2.75, 3.05) is 58.4 Å². The summed E-state index contributed by atoms with van der Waals surface area (Å²) in [5.41, 5.74) is 1.96. The molecule has 0 aliphatic carbocycles. The SMILES string of the molecule is Cc1cc(NC(=O)c2ccc(NS(=O)(=O)CCO)cc2N2CCC(C)(C)CC2)nc(N2CCC(F)(F)CC2)n1. The number of amides is 1. The van der Waals surface area contributed by atoms with Crippen LogP contribution in [0.25, 0.3) is 0 Å². The van der Waals surface area contributed by atoms with Crippen molar-refractivity contribution in [3.8, 4) is 0 Å². The molecule has 2 saturated heterocycles. The van der Waals surface area contributed by atoms with Crippen LogP contribution < -0.4 is 19.8 Å².